The summed E-state index contributed by atoms with van der Waals surface area (Å²) in [6.07, 6.45) is -10.2. The smallest absolute Gasteiger partial charge is 0.381 e. The lowest BCUT2D eigenvalue weighted by Gasteiger charge is -2.32. The van der Waals surface area contributed by atoms with E-state index in [9.17, 15) is 36.2 Å². The molecule has 3 N–H and O–H groups in total. The molecule has 1 amide bonds. The highest BCUT2D eigenvalue weighted by Gasteiger charge is 2.55. The van der Waals surface area contributed by atoms with E-state index < -0.39 is 35.6 Å². The topological polar surface area (TPSA) is 70.6 Å². The molecule has 2 aromatic rings. The zero-order valence-electron chi connectivity index (χ0n) is 18.8. The highest BCUT2D eigenvalue weighted by atomic mass is 19.4. The van der Waals surface area contributed by atoms with Crippen molar-refractivity contribution < 1.29 is 41.0 Å². The van der Waals surface area contributed by atoms with Gasteiger partial charge in [-0.2, -0.15) is 26.3 Å². The lowest BCUT2D eigenvalue weighted by molar-refractivity contribution is -0.260. The Hall–Kier alpha value is -2.79. The number of alkyl halides is 6. The van der Waals surface area contributed by atoms with Gasteiger partial charge in [0.25, 0.3) is 0 Å². The van der Waals surface area contributed by atoms with Gasteiger partial charge >= 0.3 is 12.4 Å². The number of hydrogen-bond acceptors (Lipinski definition) is 4. The third-order valence-electron chi connectivity index (χ3n) is 5.38. The van der Waals surface area contributed by atoms with Gasteiger partial charge in [0.05, 0.1) is 24.6 Å². The van der Waals surface area contributed by atoms with Crippen LogP contribution in [0.5, 0.6) is 0 Å². The minimum atomic E-state index is -5.25. The van der Waals surface area contributed by atoms with Crippen molar-refractivity contribution in [1.29, 1.82) is 0 Å². The second kappa shape index (κ2) is 10.6. The Labute approximate surface area is 193 Å². The molecule has 0 aliphatic carbocycles. The quantitative estimate of drug-likeness (QED) is 0.435. The molecule has 0 spiro atoms. The number of aliphatic hydroxyl groups is 1. The van der Waals surface area contributed by atoms with Crippen LogP contribution in [0.2, 0.25) is 0 Å². The second-order valence-corrected chi connectivity index (χ2v) is 7.96. The standard InChI is InChI=1S/C23H26F6N2O3/c1-14-9-19(8-7-16(14)12-30-20(32)10-15(2)34-3)31-13-21(33,23(27,28)29)17-5-4-6-18(11-17)22(24,25)26/h4-9,11,15,31,33H,10,12-13H2,1-3H3,(H,30,32)/t15-,21+/m0/s1. The van der Waals surface area contributed by atoms with Crippen molar-refractivity contribution in [1.82, 2.24) is 5.32 Å². The maximum absolute atomic E-state index is 13.7. The van der Waals surface area contributed by atoms with Crippen LogP contribution in [0.3, 0.4) is 0 Å². The Kier molecular flexibility index (Phi) is 8.59. The molecule has 0 heterocycles. The van der Waals surface area contributed by atoms with Gasteiger partial charge in [0.1, 0.15) is 0 Å². The van der Waals surface area contributed by atoms with Crippen molar-refractivity contribution in [3.8, 4) is 0 Å². The Bertz CT molecular complexity index is 993. The van der Waals surface area contributed by atoms with Crippen LogP contribution in [0.4, 0.5) is 32.0 Å². The molecule has 0 unspecified atom stereocenters. The molecule has 34 heavy (non-hydrogen) atoms. The van der Waals surface area contributed by atoms with Gasteiger partial charge in [-0.15, -0.1) is 0 Å². The zero-order chi connectivity index (χ0) is 25.7. The summed E-state index contributed by atoms with van der Waals surface area (Å²) in [6, 6.07) is 7.09. The van der Waals surface area contributed by atoms with Crippen LogP contribution < -0.4 is 10.6 Å². The fraction of sp³-hybridized carbons (Fsp3) is 0.435. The normalized spacial score (nSPS) is 14.9. The molecule has 0 aromatic heterocycles. The number of carbonyl (C=O) groups excluding carboxylic acids is 1. The molecule has 2 aromatic carbocycles. The molecule has 188 valence electrons. The number of ether oxygens (including phenoxy) is 1. The number of methoxy groups -OCH3 is 1. The Balaban J connectivity index is 2.16. The van der Waals surface area contributed by atoms with Gasteiger partial charge in [-0.3, -0.25) is 4.79 Å². The summed E-state index contributed by atoms with van der Waals surface area (Å²) in [7, 11) is 1.49. The highest BCUT2D eigenvalue weighted by Crippen LogP contribution is 2.41. The Morgan fingerprint density at radius 3 is 2.26 bits per heavy atom. The number of benzene rings is 2. The molecule has 0 fully saturated rings. The van der Waals surface area contributed by atoms with Crippen LogP contribution in [0, 0.1) is 6.92 Å². The summed E-state index contributed by atoms with van der Waals surface area (Å²) >= 11 is 0. The molecule has 0 aliphatic heterocycles. The molecule has 0 saturated heterocycles. The number of aryl methyl sites for hydroxylation is 1. The van der Waals surface area contributed by atoms with Crippen molar-refractivity contribution in [2.45, 2.75) is 50.9 Å². The lowest BCUT2D eigenvalue weighted by atomic mass is 9.91. The first kappa shape index (κ1) is 27.5. The van der Waals surface area contributed by atoms with Crippen molar-refractivity contribution >= 4 is 11.6 Å². The van der Waals surface area contributed by atoms with Crippen LogP contribution in [0.1, 0.15) is 35.6 Å². The number of rotatable bonds is 9. The van der Waals surface area contributed by atoms with Crippen molar-refractivity contribution in [2.24, 2.45) is 0 Å². The van der Waals surface area contributed by atoms with Crippen LogP contribution in [-0.2, 0) is 27.9 Å². The van der Waals surface area contributed by atoms with Crippen molar-refractivity contribution in [2.75, 3.05) is 19.0 Å². The average Bonchev–Trinajstić information content (AvgIpc) is 2.75. The van der Waals surface area contributed by atoms with Crippen LogP contribution >= 0.6 is 0 Å². The Morgan fingerprint density at radius 2 is 1.71 bits per heavy atom. The minimum absolute atomic E-state index is 0.167. The largest absolute Gasteiger partial charge is 0.423 e. The number of carbonyl (C=O) groups is 1. The van der Waals surface area contributed by atoms with Crippen molar-refractivity contribution in [3.63, 3.8) is 0 Å². The van der Waals surface area contributed by atoms with Gasteiger partial charge in [0, 0.05) is 19.3 Å². The number of hydrogen-bond donors (Lipinski definition) is 3. The van der Waals surface area contributed by atoms with E-state index in [0.717, 1.165) is 12.1 Å². The third-order valence-corrected chi connectivity index (χ3v) is 5.38. The van der Waals surface area contributed by atoms with E-state index in [-0.39, 0.29) is 36.7 Å². The summed E-state index contributed by atoms with van der Waals surface area (Å²) in [6.45, 7) is 2.51. The highest BCUT2D eigenvalue weighted by molar-refractivity contribution is 5.76. The predicted octanol–water partition coefficient (Wildman–Crippen LogP) is 4.92. The molecular weight excluding hydrogens is 466 g/mol. The first-order valence-electron chi connectivity index (χ1n) is 10.3. The molecule has 2 rings (SSSR count). The predicted molar refractivity (Wildman–Crippen MR) is 114 cm³/mol. The van der Waals surface area contributed by atoms with E-state index >= 15 is 0 Å². The van der Waals surface area contributed by atoms with E-state index in [1.807, 2.05) is 0 Å². The molecule has 11 heteroatoms. The first-order valence-corrected chi connectivity index (χ1v) is 10.3. The molecule has 2 atom stereocenters. The van der Waals surface area contributed by atoms with Gasteiger partial charge in [-0.05, 0) is 54.8 Å². The summed E-state index contributed by atoms with van der Waals surface area (Å²) in [5.74, 6) is -0.229. The number of nitrogens with one attached hydrogen (secondary N) is 2. The fourth-order valence-electron chi connectivity index (χ4n) is 3.16. The SMILES string of the molecule is CO[C@@H](C)CC(=O)NCc1ccc(NC[C@@](O)(c2cccc(C(F)(F)F)c2)C(F)(F)F)cc1C. The summed E-state index contributed by atoms with van der Waals surface area (Å²) in [5, 5.41) is 15.6. The van der Waals surface area contributed by atoms with Crippen LogP contribution in [-0.4, -0.2) is 36.9 Å². The van der Waals surface area contributed by atoms with E-state index in [1.165, 1.54) is 19.2 Å². The molecular formula is C23H26F6N2O3. The third kappa shape index (κ3) is 6.86. The van der Waals surface area contributed by atoms with E-state index in [2.05, 4.69) is 10.6 Å². The van der Waals surface area contributed by atoms with Crippen LogP contribution in [0.15, 0.2) is 42.5 Å². The monoisotopic (exact) mass is 492 g/mol. The molecule has 0 bridgehead atoms. The average molecular weight is 492 g/mol. The maximum atomic E-state index is 13.7. The first-order chi connectivity index (χ1) is 15.7. The lowest BCUT2D eigenvalue weighted by Crippen LogP contribution is -2.48. The van der Waals surface area contributed by atoms with Gasteiger partial charge in [0.15, 0.2) is 0 Å². The van der Waals surface area contributed by atoms with E-state index in [0.29, 0.717) is 17.2 Å². The number of amides is 1. The molecule has 5 nitrogen and oxygen atoms in total. The fourth-order valence-corrected chi connectivity index (χ4v) is 3.16. The zero-order valence-corrected chi connectivity index (χ0v) is 18.8. The van der Waals surface area contributed by atoms with E-state index in [4.69, 9.17) is 4.74 Å². The summed E-state index contributed by atoms with van der Waals surface area (Å²) < 4.78 is 85.1. The van der Waals surface area contributed by atoms with Crippen LogP contribution in [0.25, 0.3) is 0 Å². The van der Waals surface area contributed by atoms with Gasteiger partial charge in [-0.25, -0.2) is 0 Å². The number of anilines is 1. The number of halogens is 6. The summed E-state index contributed by atoms with van der Waals surface area (Å²) in [4.78, 5) is 11.9. The molecule has 0 saturated carbocycles. The molecule has 0 aliphatic rings. The Morgan fingerprint density at radius 1 is 1.06 bits per heavy atom. The van der Waals surface area contributed by atoms with Crippen molar-refractivity contribution in [3.05, 3.63) is 64.7 Å². The van der Waals surface area contributed by atoms with Gasteiger partial charge < -0.3 is 20.5 Å². The maximum Gasteiger partial charge on any atom is 0.423 e. The molecule has 0 radical (unpaired) electrons. The second-order valence-electron chi connectivity index (χ2n) is 7.96. The van der Waals surface area contributed by atoms with Gasteiger partial charge in [-0.1, -0.05) is 18.2 Å². The summed E-state index contributed by atoms with van der Waals surface area (Å²) in [5.41, 5.74) is -4.20. The van der Waals surface area contributed by atoms with Gasteiger partial charge in [0.2, 0.25) is 11.5 Å². The van der Waals surface area contributed by atoms with E-state index in [1.54, 1.807) is 19.9 Å². The minimum Gasteiger partial charge on any atom is -0.381 e.